The molecule has 1 heterocycles. The van der Waals surface area contributed by atoms with Gasteiger partial charge in [0.05, 0.1) is 6.33 Å². The second-order valence-corrected chi connectivity index (χ2v) is 5.36. The first-order valence-electron chi connectivity index (χ1n) is 7.22. The smallest absolute Gasteiger partial charge is 0.224 e. The van der Waals surface area contributed by atoms with E-state index in [1.54, 1.807) is 12.5 Å². The number of carbonyl (C=O) groups excluding carboxylic acids is 1. The molecule has 21 heavy (non-hydrogen) atoms. The van der Waals surface area contributed by atoms with E-state index in [0.29, 0.717) is 18.9 Å². The number of hydrogen-bond donors (Lipinski definition) is 2. The number of nitrogens with zero attached hydrogens (tertiary/aromatic N) is 2. The molecule has 2 aromatic rings. The summed E-state index contributed by atoms with van der Waals surface area (Å²) in [5.41, 5.74) is 7.51. The van der Waals surface area contributed by atoms with Crippen molar-refractivity contribution in [3.8, 4) is 0 Å². The Labute approximate surface area is 125 Å². The molecule has 112 valence electrons. The Morgan fingerprint density at radius 1 is 1.48 bits per heavy atom. The van der Waals surface area contributed by atoms with Crippen LogP contribution >= 0.6 is 0 Å². The van der Waals surface area contributed by atoms with Crippen LogP contribution in [0.25, 0.3) is 0 Å². The number of amides is 1. The molecule has 0 fully saturated rings. The van der Waals surface area contributed by atoms with E-state index in [9.17, 15) is 4.79 Å². The van der Waals surface area contributed by atoms with E-state index in [2.05, 4.69) is 17.2 Å². The summed E-state index contributed by atoms with van der Waals surface area (Å²) in [6.07, 6.45) is 6.77. The number of nitrogens with two attached hydrogens (primary N) is 1. The minimum atomic E-state index is 0.0371. The first-order chi connectivity index (χ1) is 10.2. The molecular weight excluding hydrogens is 264 g/mol. The highest BCUT2D eigenvalue weighted by Crippen LogP contribution is 2.13. The number of carbonyl (C=O) groups is 1. The lowest BCUT2D eigenvalue weighted by molar-refractivity contribution is -0.116. The maximum atomic E-state index is 11.9. The van der Waals surface area contributed by atoms with Crippen molar-refractivity contribution in [1.29, 1.82) is 0 Å². The summed E-state index contributed by atoms with van der Waals surface area (Å²) in [5, 5.41) is 2.94. The van der Waals surface area contributed by atoms with Gasteiger partial charge in [0, 0.05) is 31.0 Å². The highest BCUT2D eigenvalue weighted by atomic mass is 16.1. The standard InChI is InChI=1S/C16H22N4O/c1-13(10-17)5-6-16(21)19-15-4-2-3-14(9-15)11-20-8-7-18-12-20/h2-4,7-9,12-13H,5-6,10-11,17H2,1H3,(H,19,21). The lowest BCUT2D eigenvalue weighted by Crippen LogP contribution is -2.16. The molecular formula is C16H22N4O. The van der Waals surface area contributed by atoms with Crippen LogP contribution in [0.3, 0.4) is 0 Å². The van der Waals surface area contributed by atoms with Gasteiger partial charge in [0.1, 0.15) is 0 Å². The molecule has 0 saturated carbocycles. The van der Waals surface area contributed by atoms with Gasteiger partial charge < -0.3 is 15.6 Å². The predicted molar refractivity (Wildman–Crippen MR) is 83.9 cm³/mol. The van der Waals surface area contributed by atoms with Gasteiger partial charge in [0.25, 0.3) is 0 Å². The van der Waals surface area contributed by atoms with Gasteiger partial charge in [0.2, 0.25) is 5.91 Å². The maximum Gasteiger partial charge on any atom is 0.224 e. The Morgan fingerprint density at radius 2 is 2.33 bits per heavy atom. The van der Waals surface area contributed by atoms with Crippen LogP contribution in [0.2, 0.25) is 0 Å². The van der Waals surface area contributed by atoms with Crippen LogP contribution in [0.5, 0.6) is 0 Å². The molecule has 1 amide bonds. The Balaban J connectivity index is 1.90. The van der Waals surface area contributed by atoms with Crippen LogP contribution < -0.4 is 11.1 Å². The average molecular weight is 286 g/mol. The molecule has 1 unspecified atom stereocenters. The van der Waals surface area contributed by atoms with Gasteiger partial charge in [-0.2, -0.15) is 0 Å². The van der Waals surface area contributed by atoms with Crippen LogP contribution in [0.1, 0.15) is 25.3 Å². The molecule has 2 rings (SSSR count). The lowest BCUT2D eigenvalue weighted by Gasteiger charge is -2.10. The molecule has 1 aromatic carbocycles. The number of rotatable bonds is 7. The summed E-state index contributed by atoms with van der Waals surface area (Å²) in [6.45, 7) is 3.42. The van der Waals surface area contributed by atoms with Crippen molar-refractivity contribution >= 4 is 11.6 Å². The second kappa shape index (κ2) is 7.59. The topological polar surface area (TPSA) is 72.9 Å². The predicted octanol–water partition coefficient (Wildman–Crippen LogP) is 2.24. The minimum Gasteiger partial charge on any atom is -0.333 e. The highest BCUT2D eigenvalue weighted by Gasteiger charge is 2.06. The fourth-order valence-electron chi connectivity index (χ4n) is 2.06. The van der Waals surface area contributed by atoms with E-state index < -0.39 is 0 Å². The molecule has 0 radical (unpaired) electrons. The van der Waals surface area contributed by atoms with Crippen molar-refractivity contribution in [2.75, 3.05) is 11.9 Å². The molecule has 5 nitrogen and oxygen atoms in total. The maximum absolute atomic E-state index is 11.9. The van der Waals surface area contributed by atoms with Gasteiger partial charge in [0.15, 0.2) is 0 Å². The molecule has 1 aromatic heterocycles. The molecule has 0 aliphatic rings. The quantitative estimate of drug-likeness (QED) is 0.820. The largest absolute Gasteiger partial charge is 0.333 e. The lowest BCUT2D eigenvalue weighted by atomic mass is 10.1. The normalized spacial score (nSPS) is 12.1. The number of nitrogens with one attached hydrogen (secondary N) is 1. The number of imidazole rings is 1. The van der Waals surface area contributed by atoms with Crippen LogP contribution in [0, 0.1) is 5.92 Å². The second-order valence-electron chi connectivity index (χ2n) is 5.36. The Kier molecular flexibility index (Phi) is 5.51. The zero-order chi connectivity index (χ0) is 15.1. The molecule has 0 aliphatic carbocycles. The summed E-state index contributed by atoms with van der Waals surface area (Å²) < 4.78 is 1.99. The van der Waals surface area contributed by atoms with E-state index >= 15 is 0 Å². The summed E-state index contributed by atoms with van der Waals surface area (Å²) in [6, 6.07) is 7.88. The third-order valence-electron chi connectivity index (χ3n) is 3.40. The van der Waals surface area contributed by atoms with E-state index in [1.165, 1.54) is 0 Å². The third-order valence-corrected chi connectivity index (χ3v) is 3.40. The van der Waals surface area contributed by atoms with Gasteiger partial charge in [-0.3, -0.25) is 4.79 Å². The van der Waals surface area contributed by atoms with Gasteiger partial charge in [-0.05, 0) is 36.6 Å². The monoisotopic (exact) mass is 286 g/mol. The van der Waals surface area contributed by atoms with Crippen molar-refractivity contribution in [3.63, 3.8) is 0 Å². The highest BCUT2D eigenvalue weighted by molar-refractivity contribution is 5.90. The van der Waals surface area contributed by atoms with E-state index in [4.69, 9.17) is 5.73 Å². The van der Waals surface area contributed by atoms with Gasteiger partial charge in [-0.15, -0.1) is 0 Å². The first-order valence-corrected chi connectivity index (χ1v) is 7.22. The zero-order valence-electron chi connectivity index (χ0n) is 12.3. The SMILES string of the molecule is CC(CN)CCC(=O)Nc1cccc(Cn2ccnc2)c1. The number of hydrogen-bond acceptors (Lipinski definition) is 3. The van der Waals surface area contributed by atoms with Gasteiger partial charge in [-0.1, -0.05) is 19.1 Å². The summed E-state index contributed by atoms with van der Waals surface area (Å²) in [7, 11) is 0. The molecule has 0 saturated heterocycles. The van der Waals surface area contributed by atoms with Crippen LogP contribution in [-0.4, -0.2) is 22.0 Å². The Bertz CT molecular complexity index is 565. The molecule has 0 bridgehead atoms. The Morgan fingerprint density at radius 3 is 3.05 bits per heavy atom. The van der Waals surface area contributed by atoms with E-state index in [0.717, 1.165) is 24.2 Å². The Hall–Kier alpha value is -2.14. The average Bonchev–Trinajstić information content (AvgIpc) is 2.98. The van der Waals surface area contributed by atoms with E-state index in [1.807, 2.05) is 35.0 Å². The molecule has 5 heteroatoms. The molecule has 1 atom stereocenters. The van der Waals surface area contributed by atoms with Gasteiger partial charge >= 0.3 is 0 Å². The van der Waals surface area contributed by atoms with Crippen LogP contribution in [0.15, 0.2) is 43.0 Å². The number of aromatic nitrogens is 2. The third kappa shape index (κ3) is 5.04. The summed E-state index contributed by atoms with van der Waals surface area (Å²) in [5.74, 6) is 0.415. The summed E-state index contributed by atoms with van der Waals surface area (Å²) >= 11 is 0. The minimum absolute atomic E-state index is 0.0371. The summed E-state index contributed by atoms with van der Waals surface area (Å²) in [4.78, 5) is 15.9. The van der Waals surface area contributed by atoms with Crippen molar-refractivity contribution in [1.82, 2.24) is 9.55 Å². The fraction of sp³-hybridized carbons (Fsp3) is 0.375. The van der Waals surface area contributed by atoms with Crippen molar-refractivity contribution in [2.24, 2.45) is 11.7 Å². The zero-order valence-corrected chi connectivity index (χ0v) is 12.3. The van der Waals surface area contributed by atoms with Crippen molar-refractivity contribution in [3.05, 3.63) is 48.5 Å². The van der Waals surface area contributed by atoms with Crippen molar-refractivity contribution < 1.29 is 4.79 Å². The number of benzene rings is 1. The van der Waals surface area contributed by atoms with E-state index in [-0.39, 0.29) is 5.91 Å². The van der Waals surface area contributed by atoms with Crippen molar-refractivity contribution in [2.45, 2.75) is 26.3 Å². The van der Waals surface area contributed by atoms with Crippen LogP contribution in [0.4, 0.5) is 5.69 Å². The first kappa shape index (κ1) is 15.3. The van der Waals surface area contributed by atoms with Gasteiger partial charge in [-0.25, -0.2) is 4.98 Å². The molecule has 3 N–H and O–H groups in total. The molecule has 0 spiro atoms. The fourth-order valence-corrected chi connectivity index (χ4v) is 2.06. The van der Waals surface area contributed by atoms with Crippen LogP contribution in [-0.2, 0) is 11.3 Å². The number of anilines is 1. The molecule has 0 aliphatic heterocycles.